The van der Waals surface area contributed by atoms with Gasteiger partial charge in [0.1, 0.15) is 10.4 Å². The highest BCUT2D eigenvalue weighted by molar-refractivity contribution is 8.26. The molecule has 0 spiro atoms. The van der Waals surface area contributed by atoms with Gasteiger partial charge in [0.25, 0.3) is 5.91 Å². The van der Waals surface area contributed by atoms with E-state index >= 15 is 0 Å². The van der Waals surface area contributed by atoms with Crippen molar-refractivity contribution in [2.45, 2.75) is 52.0 Å². The van der Waals surface area contributed by atoms with Crippen LogP contribution in [-0.2, 0) is 29.3 Å². The molecule has 2 aliphatic heterocycles. The predicted molar refractivity (Wildman–Crippen MR) is 139 cm³/mol. The standard InChI is InChI=1S/C25H31N3O5S2/c1-5-33-21(30)15-18-22(31)26-11-13-27(18)20(29)10-12-28-23(32)19(35-24(28)34)14-16-6-8-17(9-7-16)25(2,3)4/h6-9,14,18H,5,10-13,15H2,1-4H3,(H,26,31)/b19-14-/t18-/m0/s1. The van der Waals surface area contributed by atoms with Gasteiger partial charge < -0.3 is 15.0 Å². The predicted octanol–water partition coefficient (Wildman–Crippen LogP) is 2.86. The number of carbonyl (C=O) groups is 4. The van der Waals surface area contributed by atoms with Crippen LogP contribution >= 0.6 is 24.0 Å². The minimum Gasteiger partial charge on any atom is -0.466 e. The Morgan fingerprint density at radius 2 is 1.91 bits per heavy atom. The average Bonchev–Trinajstić information content (AvgIpc) is 3.05. The molecule has 2 heterocycles. The van der Waals surface area contributed by atoms with Gasteiger partial charge >= 0.3 is 5.97 Å². The van der Waals surface area contributed by atoms with Gasteiger partial charge in [0.05, 0.1) is 17.9 Å². The lowest BCUT2D eigenvalue weighted by molar-refractivity contribution is -0.151. The molecule has 1 aromatic carbocycles. The lowest BCUT2D eigenvalue weighted by Gasteiger charge is -2.34. The first kappa shape index (κ1) is 26.9. The lowest BCUT2D eigenvalue weighted by atomic mass is 9.87. The van der Waals surface area contributed by atoms with Crippen LogP contribution in [0.3, 0.4) is 0 Å². The molecule has 2 fully saturated rings. The number of esters is 1. The molecule has 1 atom stereocenters. The number of thiocarbonyl (C=S) groups is 1. The van der Waals surface area contributed by atoms with Crippen molar-refractivity contribution in [2.75, 3.05) is 26.2 Å². The van der Waals surface area contributed by atoms with Gasteiger partial charge in [-0.3, -0.25) is 24.1 Å². The van der Waals surface area contributed by atoms with Gasteiger partial charge in [0.2, 0.25) is 11.8 Å². The second-order valence-corrected chi connectivity index (χ2v) is 11.0. The summed E-state index contributed by atoms with van der Waals surface area (Å²) in [5.74, 6) is -1.48. The summed E-state index contributed by atoms with van der Waals surface area (Å²) >= 11 is 6.60. The van der Waals surface area contributed by atoms with Gasteiger partial charge in [-0.2, -0.15) is 0 Å². The second kappa shape index (κ2) is 11.3. The Kier molecular flexibility index (Phi) is 8.71. The third kappa shape index (κ3) is 6.70. The van der Waals surface area contributed by atoms with Crippen molar-refractivity contribution in [3.63, 3.8) is 0 Å². The van der Waals surface area contributed by atoms with E-state index in [1.165, 1.54) is 27.1 Å². The molecule has 0 bridgehead atoms. The summed E-state index contributed by atoms with van der Waals surface area (Å²) in [6.45, 7) is 9.01. The van der Waals surface area contributed by atoms with E-state index in [4.69, 9.17) is 17.0 Å². The lowest BCUT2D eigenvalue weighted by Crippen LogP contribution is -2.58. The van der Waals surface area contributed by atoms with Crippen LogP contribution in [0, 0.1) is 0 Å². The number of hydrogen-bond donors (Lipinski definition) is 1. The van der Waals surface area contributed by atoms with Crippen molar-refractivity contribution in [1.29, 1.82) is 0 Å². The molecule has 0 radical (unpaired) electrons. The fourth-order valence-corrected chi connectivity index (χ4v) is 5.18. The largest absolute Gasteiger partial charge is 0.466 e. The highest BCUT2D eigenvalue weighted by Gasteiger charge is 2.37. The fraction of sp³-hybridized carbons (Fsp3) is 0.480. The molecule has 0 aliphatic carbocycles. The van der Waals surface area contributed by atoms with Crippen molar-refractivity contribution in [3.8, 4) is 0 Å². The van der Waals surface area contributed by atoms with Crippen LogP contribution in [0.4, 0.5) is 0 Å². The molecule has 3 amide bonds. The number of thioether (sulfide) groups is 1. The number of hydrogen-bond acceptors (Lipinski definition) is 7. The van der Waals surface area contributed by atoms with E-state index in [0.717, 1.165) is 5.56 Å². The molecule has 0 aromatic heterocycles. The number of nitrogens with zero attached hydrogens (tertiary/aromatic N) is 2. The average molecular weight is 518 g/mol. The van der Waals surface area contributed by atoms with Crippen molar-refractivity contribution < 1.29 is 23.9 Å². The van der Waals surface area contributed by atoms with Gasteiger partial charge in [0, 0.05) is 26.1 Å². The van der Waals surface area contributed by atoms with Gasteiger partial charge in [0.15, 0.2) is 0 Å². The number of carbonyl (C=O) groups excluding carboxylic acids is 4. The molecule has 1 aromatic rings. The summed E-state index contributed by atoms with van der Waals surface area (Å²) in [7, 11) is 0. The van der Waals surface area contributed by atoms with E-state index in [9.17, 15) is 19.2 Å². The summed E-state index contributed by atoms with van der Waals surface area (Å²) in [5.41, 5.74) is 2.14. The number of piperazine rings is 1. The Bertz CT molecular complexity index is 1050. The topological polar surface area (TPSA) is 96.0 Å². The second-order valence-electron chi connectivity index (χ2n) is 9.36. The van der Waals surface area contributed by atoms with Crippen LogP contribution in [0.1, 0.15) is 51.7 Å². The third-order valence-corrected chi connectivity index (χ3v) is 7.19. The molecule has 1 N–H and O–H groups in total. The smallest absolute Gasteiger partial charge is 0.308 e. The Morgan fingerprint density at radius 3 is 2.54 bits per heavy atom. The zero-order valence-corrected chi connectivity index (χ0v) is 22.1. The molecule has 2 aliphatic rings. The maximum atomic E-state index is 13.0. The zero-order chi connectivity index (χ0) is 25.8. The highest BCUT2D eigenvalue weighted by atomic mass is 32.2. The summed E-state index contributed by atoms with van der Waals surface area (Å²) in [6.07, 6.45) is 1.59. The zero-order valence-electron chi connectivity index (χ0n) is 20.5. The normalized spacial score (nSPS) is 19.8. The van der Waals surface area contributed by atoms with Gasteiger partial charge in [-0.15, -0.1) is 0 Å². The van der Waals surface area contributed by atoms with E-state index in [0.29, 0.717) is 15.8 Å². The van der Waals surface area contributed by atoms with E-state index in [1.807, 2.05) is 24.3 Å². The first-order chi connectivity index (χ1) is 16.5. The summed E-state index contributed by atoms with van der Waals surface area (Å²) in [6, 6.07) is 7.13. The van der Waals surface area contributed by atoms with Crippen molar-refractivity contribution >= 4 is 58.1 Å². The highest BCUT2D eigenvalue weighted by Crippen LogP contribution is 2.33. The molecular formula is C25H31N3O5S2. The van der Waals surface area contributed by atoms with Crippen molar-refractivity contribution in [2.24, 2.45) is 0 Å². The SMILES string of the molecule is CCOC(=O)C[C@H]1C(=O)NCCN1C(=O)CCN1C(=O)/C(=C/c2ccc(C(C)(C)C)cc2)SC1=S. The van der Waals surface area contributed by atoms with E-state index in [2.05, 4.69) is 26.1 Å². The summed E-state index contributed by atoms with van der Waals surface area (Å²) in [4.78, 5) is 53.4. The van der Waals surface area contributed by atoms with Gasteiger partial charge in [-0.1, -0.05) is 69.0 Å². The quantitative estimate of drug-likeness (QED) is 0.338. The monoisotopic (exact) mass is 517 g/mol. The van der Waals surface area contributed by atoms with Crippen LogP contribution in [0.25, 0.3) is 6.08 Å². The number of nitrogens with one attached hydrogen (secondary N) is 1. The molecule has 3 rings (SSSR count). The van der Waals surface area contributed by atoms with Crippen molar-refractivity contribution in [3.05, 3.63) is 40.3 Å². The molecule has 8 nitrogen and oxygen atoms in total. The molecule has 10 heteroatoms. The Labute approximate surface area is 215 Å². The van der Waals surface area contributed by atoms with Gasteiger partial charge in [-0.05, 0) is 29.5 Å². The van der Waals surface area contributed by atoms with Crippen LogP contribution < -0.4 is 5.32 Å². The van der Waals surface area contributed by atoms with E-state index in [1.54, 1.807) is 13.0 Å². The molecule has 0 saturated carbocycles. The summed E-state index contributed by atoms with van der Waals surface area (Å²) < 4.78 is 5.33. The third-order valence-electron chi connectivity index (χ3n) is 5.81. The van der Waals surface area contributed by atoms with Crippen LogP contribution in [-0.4, -0.2) is 70.1 Å². The molecule has 0 unspecified atom stereocenters. The number of benzene rings is 1. The molecular weight excluding hydrogens is 486 g/mol. The van der Waals surface area contributed by atoms with Crippen LogP contribution in [0.5, 0.6) is 0 Å². The minimum atomic E-state index is -0.919. The van der Waals surface area contributed by atoms with E-state index < -0.39 is 12.0 Å². The Morgan fingerprint density at radius 1 is 1.23 bits per heavy atom. The van der Waals surface area contributed by atoms with Crippen LogP contribution in [0.15, 0.2) is 29.2 Å². The van der Waals surface area contributed by atoms with Gasteiger partial charge in [-0.25, -0.2) is 0 Å². The first-order valence-corrected chi connectivity index (χ1v) is 12.8. The molecule has 35 heavy (non-hydrogen) atoms. The Balaban J connectivity index is 1.64. The first-order valence-electron chi connectivity index (χ1n) is 11.6. The maximum Gasteiger partial charge on any atom is 0.308 e. The fourth-order valence-electron chi connectivity index (χ4n) is 3.87. The van der Waals surface area contributed by atoms with E-state index in [-0.39, 0.29) is 55.7 Å². The summed E-state index contributed by atoms with van der Waals surface area (Å²) in [5, 5.41) is 2.68. The minimum absolute atomic E-state index is 0.00734. The van der Waals surface area contributed by atoms with Crippen LogP contribution in [0.2, 0.25) is 0 Å². The number of ether oxygens (including phenoxy) is 1. The number of rotatable bonds is 7. The number of amides is 3. The Hall–Kier alpha value is -2.72. The van der Waals surface area contributed by atoms with Crippen molar-refractivity contribution in [1.82, 2.24) is 15.1 Å². The molecule has 2 saturated heterocycles. The maximum absolute atomic E-state index is 13.0. The molecule has 188 valence electrons.